The maximum Gasteiger partial charge on any atom is 0.303 e. The lowest BCUT2D eigenvalue weighted by Crippen LogP contribution is -2.63. The van der Waals surface area contributed by atoms with Gasteiger partial charge in [-0.15, -0.1) is 0 Å². The molecule has 2 heterocycles. The fraction of sp³-hybridized carbons (Fsp3) is 0.767. The average molecular weight is 761 g/mol. The topological polar surface area (TPSA) is 133 Å². The van der Waals surface area contributed by atoms with Crippen LogP contribution in [-0.4, -0.2) is 66.8 Å². The van der Waals surface area contributed by atoms with Crippen LogP contribution in [0, 0.1) is 38.5 Å². The molecular weight excluding hydrogens is 692 g/mol. The van der Waals surface area contributed by atoms with E-state index in [4.69, 9.17) is 33.2 Å². The highest BCUT2D eigenvalue weighted by atomic mass is 16.7. The molecule has 0 radical (unpaired) electrons. The molecule has 306 valence electrons. The number of ether oxygens (including phenoxy) is 7. The monoisotopic (exact) mass is 760 g/mol. The molecule has 2 aliphatic heterocycles. The summed E-state index contributed by atoms with van der Waals surface area (Å²) < 4.78 is 41.7. The number of hydrogen-bond donors (Lipinski definition) is 0. The zero-order valence-corrected chi connectivity index (χ0v) is 35.1. The van der Waals surface area contributed by atoms with Crippen molar-refractivity contribution in [2.45, 2.75) is 190 Å². The molecule has 2 aliphatic rings. The Kier molecular flexibility index (Phi) is 17.1. The number of rotatable bonds is 19. The zero-order valence-electron chi connectivity index (χ0n) is 35.1. The molecule has 0 saturated carbocycles. The van der Waals surface area contributed by atoms with E-state index in [-0.39, 0.29) is 12.2 Å². The number of benzene rings is 1. The first kappa shape index (κ1) is 45.1. The van der Waals surface area contributed by atoms with Crippen LogP contribution in [0.3, 0.4) is 0 Å². The number of carbonyl (C=O) groups excluding carboxylic acids is 4. The van der Waals surface area contributed by atoms with Gasteiger partial charge in [-0.25, -0.2) is 0 Å². The summed E-state index contributed by atoms with van der Waals surface area (Å²) >= 11 is 0. The molecule has 1 fully saturated rings. The predicted octanol–water partition coefficient (Wildman–Crippen LogP) is 8.60. The first-order chi connectivity index (χ1) is 25.3. The van der Waals surface area contributed by atoms with Crippen molar-refractivity contribution in [1.29, 1.82) is 0 Å². The van der Waals surface area contributed by atoms with Gasteiger partial charge in [-0.1, -0.05) is 72.6 Å². The van der Waals surface area contributed by atoms with Gasteiger partial charge < -0.3 is 33.2 Å². The lowest BCUT2D eigenvalue weighted by molar-refractivity contribution is -0.288. The molecule has 1 saturated heterocycles. The van der Waals surface area contributed by atoms with Gasteiger partial charge in [-0.3, -0.25) is 19.2 Å². The van der Waals surface area contributed by atoms with Crippen molar-refractivity contribution in [1.82, 2.24) is 0 Å². The van der Waals surface area contributed by atoms with Crippen LogP contribution in [0.15, 0.2) is 0 Å². The van der Waals surface area contributed by atoms with Crippen LogP contribution in [0.2, 0.25) is 0 Å². The number of hydrogen-bond acceptors (Lipinski definition) is 11. The molecule has 0 aromatic heterocycles. The van der Waals surface area contributed by atoms with Crippen molar-refractivity contribution in [2.24, 2.45) is 17.8 Å². The molecular formula is C43H68O11. The summed E-state index contributed by atoms with van der Waals surface area (Å²) in [6, 6.07) is 0. The summed E-state index contributed by atoms with van der Waals surface area (Å²) in [4.78, 5) is 48.6. The molecule has 0 bridgehead atoms. The summed E-state index contributed by atoms with van der Waals surface area (Å²) in [6.45, 7) is 22.0. The molecule has 1 aromatic rings. The number of esters is 4. The Balaban J connectivity index is 1.77. The first-order valence-corrected chi connectivity index (χ1v) is 20.1. The van der Waals surface area contributed by atoms with Crippen LogP contribution in [0.4, 0.5) is 0 Å². The summed E-state index contributed by atoms with van der Waals surface area (Å²) in [5, 5.41) is 0. The first-order valence-electron chi connectivity index (χ1n) is 20.1. The Labute approximate surface area is 323 Å². The highest BCUT2D eigenvalue weighted by Crippen LogP contribution is 2.46. The Bertz CT molecular complexity index is 1440. The molecule has 8 atom stereocenters. The van der Waals surface area contributed by atoms with Gasteiger partial charge in [-0.2, -0.15) is 0 Å². The molecule has 0 amide bonds. The Morgan fingerprint density at radius 2 is 1.24 bits per heavy atom. The van der Waals surface area contributed by atoms with Crippen LogP contribution < -0.4 is 9.47 Å². The van der Waals surface area contributed by atoms with Gasteiger partial charge >= 0.3 is 23.9 Å². The van der Waals surface area contributed by atoms with Crippen molar-refractivity contribution in [2.75, 3.05) is 6.61 Å². The second-order valence-electron chi connectivity index (χ2n) is 16.6. The molecule has 54 heavy (non-hydrogen) atoms. The van der Waals surface area contributed by atoms with Gasteiger partial charge in [0.25, 0.3) is 0 Å². The van der Waals surface area contributed by atoms with Crippen molar-refractivity contribution in [3.8, 4) is 11.5 Å². The highest BCUT2D eigenvalue weighted by Gasteiger charge is 2.53. The smallest absolute Gasteiger partial charge is 0.303 e. The van der Waals surface area contributed by atoms with Crippen LogP contribution in [0.1, 0.15) is 149 Å². The summed E-state index contributed by atoms with van der Waals surface area (Å²) in [5.41, 5.74) is 3.35. The molecule has 11 heteroatoms. The van der Waals surface area contributed by atoms with E-state index >= 15 is 0 Å². The quantitative estimate of drug-likeness (QED) is 0.0992. The standard InChI is InChI=1S/C43H68O11/c1-25(2)16-13-17-26(3)18-14-19-27(4)20-15-22-43(12)23-21-35-30(7)37(28(5)29(6)38(35)54-43)53-42-41(51-34(11)47)40(50-33(10)46)39(49-32(9)45)36(52-42)24-48-31(8)44/h25-27,36,39-42H,13-24H2,1-12H3/t26-,27-,36-,39-,40+,41+,42-,43-/m1/s1. The van der Waals surface area contributed by atoms with Crippen molar-refractivity contribution < 1.29 is 52.3 Å². The molecule has 3 rings (SSSR count). The summed E-state index contributed by atoms with van der Waals surface area (Å²) in [6.07, 6.45) is 6.49. The summed E-state index contributed by atoms with van der Waals surface area (Å²) in [5.74, 6) is 0.997. The molecule has 0 N–H and O–H groups in total. The van der Waals surface area contributed by atoms with Crippen LogP contribution >= 0.6 is 0 Å². The lowest BCUT2D eigenvalue weighted by Gasteiger charge is -2.44. The minimum absolute atomic E-state index is 0.288. The van der Waals surface area contributed by atoms with E-state index in [9.17, 15) is 19.2 Å². The maximum absolute atomic E-state index is 12.4. The van der Waals surface area contributed by atoms with Crippen LogP contribution in [0.5, 0.6) is 11.5 Å². The van der Waals surface area contributed by atoms with Gasteiger partial charge in [-0.05, 0) is 87.8 Å². The van der Waals surface area contributed by atoms with E-state index in [1.807, 2.05) is 20.8 Å². The average Bonchev–Trinajstić information content (AvgIpc) is 3.06. The Hall–Kier alpha value is -3.34. The van der Waals surface area contributed by atoms with Gasteiger partial charge in [0.1, 0.15) is 29.8 Å². The highest BCUT2D eigenvalue weighted by molar-refractivity contribution is 5.69. The van der Waals surface area contributed by atoms with E-state index in [1.165, 1.54) is 72.6 Å². The van der Waals surface area contributed by atoms with Gasteiger partial charge in [0.15, 0.2) is 12.2 Å². The summed E-state index contributed by atoms with van der Waals surface area (Å²) in [7, 11) is 0. The van der Waals surface area contributed by atoms with Crippen molar-refractivity contribution in [3.63, 3.8) is 0 Å². The van der Waals surface area contributed by atoms with Gasteiger partial charge in [0.2, 0.25) is 12.4 Å². The molecule has 0 aliphatic carbocycles. The fourth-order valence-electron chi connectivity index (χ4n) is 7.84. The predicted molar refractivity (Wildman–Crippen MR) is 205 cm³/mol. The van der Waals surface area contributed by atoms with Gasteiger partial charge in [0, 0.05) is 33.3 Å². The third-order valence-electron chi connectivity index (χ3n) is 11.0. The largest absolute Gasteiger partial charge is 0.487 e. The van der Waals surface area contributed by atoms with Gasteiger partial charge in [0.05, 0.1) is 0 Å². The van der Waals surface area contributed by atoms with Crippen LogP contribution in [0.25, 0.3) is 0 Å². The normalized spacial score (nSPS) is 24.8. The van der Waals surface area contributed by atoms with E-state index in [2.05, 4.69) is 34.6 Å². The third kappa shape index (κ3) is 13.2. The third-order valence-corrected chi connectivity index (χ3v) is 11.0. The molecule has 11 nitrogen and oxygen atoms in total. The van der Waals surface area contributed by atoms with E-state index in [1.54, 1.807) is 0 Å². The SMILES string of the molecule is CC(=O)OC[C@H]1O[C@H](Oc2c(C)c(C)c3c(c2C)CC[C@@](C)(CCC[C@H](C)CCC[C@H](C)CCCC(C)C)O3)[C@@H](OC(C)=O)[C@@H](OC(C)=O)[C@@H]1OC(C)=O. The number of carbonyl (C=O) groups is 4. The number of fused-ring (bicyclic) bond motifs is 1. The minimum atomic E-state index is -1.32. The lowest BCUT2D eigenvalue weighted by atomic mass is 9.83. The maximum atomic E-state index is 12.4. The fourth-order valence-corrected chi connectivity index (χ4v) is 7.84. The van der Waals surface area contributed by atoms with Crippen LogP contribution in [-0.2, 0) is 49.3 Å². The van der Waals surface area contributed by atoms with E-state index in [0.717, 1.165) is 65.5 Å². The molecule has 0 spiro atoms. The Morgan fingerprint density at radius 3 is 1.80 bits per heavy atom. The minimum Gasteiger partial charge on any atom is -0.487 e. The van der Waals surface area contributed by atoms with Crippen molar-refractivity contribution >= 4 is 23.9 Å². The Morgan fingerprint density at radius 1 is 0.704 bits per heavy atom. The molecule has 1 aromatic carbocycles. The molecule has 0 unspecified atom stereocenters. The second kappa shape index (κ2) is 20.5. The second-order valence-corrected chi connectivity index (χ2v) is 16.6. The zero-order chi connectivity index (χ0) is 40.3. The van der Waals surface area contributed by atoms with Crippen molar-refractivity contribution in [3.05, 3.63) is 22.3 Å². The van der Waals surface area contributed by atoms with E-state index in [0.29, 0.717) is 11.7 Å². The van der Waals surface area contributed by atoms with E-state index < -0.39 is 54.6 Å².